The van der Waals surface area contributed by atoms with Gasteiger partial charge in [0, 0.05) is 38.7 Å². The van der Waals surface area contributed by atoms with Crippen molar-refractivity contribution in [1.82, 2.24) is 9.88 Å². The van der Waals surface area contributed by atoms with Crippen LogP contribution in [-0.4, -0.2) is 36.2 Å². The Morgan fingerprint density at radius 2 is 2.17 bits per heavy atom. The van der Waals surface area contributed by atoms with Crippen LogP contribution in [-0.2, 0) is 11.3 Å². The molecule has 0 aliphatic carbocycles. The molecule has 1 atom stereocenters. The third kappa shape index (κ3) is 4.07. The van der Waals surface area contributed by atoms with E-state index in [0.29, 0.717) is 0 Å². The highest BCUT2D eigenvalue weighted by Gasteiger charge is 2.21. The van der Waals surface area contributed by atoms with Crippen molar-refractivity contribution in [1.29, 1.82) is 0 Å². The minimum atomic E-state index is 0.738. The molecule has 2 heterocycles. The molecule has 1 aromatic rings. The molecular formula is C15H24N2O. The Hall–Kier alpha value is -0.930. The molecule has 0 unspecified atom stereocenters. The Morgan fingerprint density at radius 3 is 2.94 bits per heavy atom. The Kier molecular flexibility index (Phi) is 5.62. The average molecular weight is 248 g/mol. The van der Waals surface area contributed by atoms with Crippen molar-refractivity contribution in [2.24, 2.45) is 0 Å². The van der Waals surface area contributed by atoms with Crippen LogP contribution in [0.3, 0.4) is 0 Å². The number of piperidine rings is 1. The van der Waals surface area contributed by atoms with Crippen LogP contribution in [0.15, 0.2) is 24.5 Å². The normalized spacial score (nSPS) is 21.1. The predicted octanol–water partition coefficient (Wildman–Crippen LogP) is 2.86. The summed E-state index contributed by atoms with van der Waals surface area (Å²) in [5.41, 5.74) is 1.38. The molecule has 3 nitrogen and oxygen atoms in total. The number of rotatable bonds is 6. The molecule has 0 amide bonds. The van der Waals surface area contributed by atoms with Gasteiger partial charge in [-0.15, -0.1) is 0 Å². The van der Waals surface area contributed by atoms with Crippen molar-refractivity contribution in [2.75, 3.05) is 20.3 Å². The second-order valence-corrected chi connectivity index (χ2v) is 5.11. The van der Waals surface area contributed by atoms with Crippen LogP contribution >= 0.6 is 0 Å². The summed E-state index contributed by atoms with van der Waals surface area (Å²) in [6.07, 6.45) is 10.3. The summed E-state index contributed by atoms with van der Waals surface area (Å²) in [6, 6.07) is 4.99. The van der Waals surface area contributed by atoms with Crippen molar-refractivity contribution in [3.05, 3.63) is 30.1 Å². The molecule has 1 fully saturated rings. The SMILES string of the molecule is COCCC[C@H]1CCCCN1Cc1ccncc1. The number of ether oxygens (including phenoxy) is 1. The maximum Gasteiger partial charge on any atom is 0.0462 e. The molecule has 0 aromatic carbocycles. The molecule has 0 bridgehead atoms. The van der Waals surface area contributed by atoms with Crippen LogP contribution in [0.1, 0.15) is 37.7 Å². The van der Waals surface area contributed by atoms with Crippen molar-refractivity contribution >= 4 is 0 Å². The first-order valence-corrected chi connectivity index (χ1v) is 7.02. The van der Waals surface area contributed by atoms with Crippen molar-refractivity contribution in [3.63, 3.8) is 0 Å². The van der Waals surface area contributed by atoms with Gasteiger partial charge in [0.15, 0.2) is 0 Å². The number of hydrogen-bond donors (Lipinski definition) is 0. The highest BCUT2D eigenvalue weighted by atomic mass is 16.5. The van der Waals surface area contributed by atoms with Crippen molar-refractivity contribution in [2.45, 2.75) is 44.7 Å². The second kappa shape index (κ2) is 7.49. The fraction of sp³-hybridized carbons (Fsp3) is 0.667. The lowest BCUT2D eigenvalue weighted by atomic mass is 9.97. The number of methoxy groups -OCH3 is 1. The lowest BCUT2D eigenvalue weighted by molar-refractivity contribution is 0.116. The second-order valence-electron chi connectivity index (χ2n) is 5.11. The third-order valence-corrected chi connectivity index (χ3v) is 3.77. The van der Waals surface area contributed by atoms with Gasteiger partial charge in [-0.25, -0.2) is 0 Å². The Labute approximate surface area is 110 Å². The van der Waals surface area contributed by atoms with Crippen LogP contribution in [0.5, 0.6) is 0 Å². The zero-order valence-electron chi connectivity index (χ0n) is 11.3. The Morgan fingerprint density at radius 1 is 1.33 bits per heavy atom. The van der Waals surface area contributed by atoms with Gasteiger partial charge in [0.2, 0.25) is 0 Å². The van der Waals surface area contributed by atoms with Gasteiger partial charge in [-0.3, -0.25) is 9.88 Å². The molecule has 0 saturated carbocycles. The van der Waals surface area contributed by atoms with E-state index in [1.165, 1.54) is 44.2 Å². The third-order valence-electron chi connectivity index (χ3n) is 3.77. The van der Waals surface area contributed by atoms with Gasteiger partial charge >= 0.3 is 0 Å². The van der Waals surface area contributed by atoms with Gasteiger partial charge < -0.3 is 4.74 Å². The van der Waals surface area contributed by atoms with E-state index in [2.05, 4.69) is 22.0 Å². The van der Waals surface area contributed by atoms with Gasteiger partial charge in [-0.05, 0) is 49.9 Å². The van der Waals surface area contributed by atoms with E-state index >= 15 is 0 Å². The van der Waals surface area contributed by atoms with Gasteiger partial charge in [-0.1, -0.05) is 6.42 Å². The largest absolute Gasteiger partial charge is 0.385 e. The number of aromatic nitrogens is 1. The lowest BCUT2D eigenvalue weighted by Crippen LogP contribution is -2.39. The molecule has 3 heteroatoms. The smallest absolute Gasteiger partial charge is 0.0462 e. The van der Waals surface area contributed by atoms with E-state index < -0.39 is 0 Å². The lowest BCUT2D eigenvalue weighted by Gasteiger charge is -2.35. The summed E-state index contributed by atoms with van der Waals surface area (Å²) in [4.78, 5) is 6.72. The molecule has 1 aliphatic rings. The monoisotopic (exact) mass is 248 g/mol. The first-order chi connectivity index (χ1) is 8.90. The van der Waals surface area contributed by atoms with E-state index in [1.54, 1.807) is 7.11 Å². The standard InChI is InChI=1S/C15H24N2O/c1-18-12-4-6-15-5-2-3-11-17(15)13-14-7-9-16-10-8-14/h7-10,15H,2-6,11-13H2,1H3/t15-/m1/s1. The number of pyridine rings is 1. The number of likely N-dealkylation sites (tertiary alicyclic amines) is 1. The van der Waals surface area contributed by atoms with Crippen LogP contribution in [0, 0.1) is 0 Å². The molecule has 0 spiro atoms. The first-order valence-electron chi connectivity index (χ1n) is 7.02. The molecule has 0 N–H and O–H groups in total. The molecule has 2 rings (SSSR count). The molecule has 0 radical (unpaired) electrons. The summed E-state index contributed by atoms with van der Waals surface area (Å²) >= 11 is 0. The van der Waals surface area contributed by atoms with Crippen LogP contribution < -0.4 is 0 Å². The van der Waals surface area contributed by atoms with Gasteiger partial charge in [0.05, 0.1) is 0 Å². The highest BCUT2D eigenvalue weighted by Crippen LogP contribution is 2.22. The van der Waals surface area contributed by atoms with E-state index in [9.17, 15) is 0 Å². The topological polar surface area (TPSA) is 25.4 Å². The zero-order valence-corrected chi connectivity index (χ0v) is 11.3. The molecular weight excluding hydrogens is 224 g/mol. The summed E-state index contributed by atoms with van der Waals surface area (Å²) in [6.45, 7) is 3.19. The molecule has 100 valence electrons. The van der Waals surface area contributed by atoms with Gasteiger partial charge in [0.1, 0.15) is 0 Å². The quantitative estimate of drug-likeness (QED) is 0.724. The fourth-order valence-corrected chi connectivity index (χ4v) is 2.78. The van der Waals surface area contributed by atoms with Gasteiger partial charge in [0.25, 0.3) is 0 Å². The molecule has 1 aliphatic heterocycles. The van der Waals surface area contributed by atoms with Gasteiger partial charge in [-0.2, -0.15) is 0 Å². The van der Waals surface area contributed by atoms with E-state index in [-0.39, 0.29) is 0 Å². The highest BCUT2D eigenvalue weighted by molar-refractivity contribution is 5.09. The van der Waals surface area contributed by atoms with E-state index in [1.807, 2.05) is 12.4 Å². The van der Waals surface area contributed by atoms with Crippen LogP contribution in [0.25, 0.3) is 0 Å². The maximum atomic E-state index is 5.16. The van der Waals surface area contributed by atoms with Crippen LogP contribution in [0.2, 0.25) is 0 Å². The molecule has 1 saturated heterocycles. The minimum absolute atomic E-state index is 0.738. The van der Waals surface area contributed by atoms with E-state index in [4.69, 9.17) is 4.74 Å². The zero-order chi connectivity index (χ0) is 12.6. The summed E-state index contributed by atoms with van der Waals surface area (Å²) in [5.74, 6) is 0. The maximum absolute atomic E-state index is 5.16. The van der Waals surface area contributed by atoms with Crippen molar-refractivity contribution < 1.29 is 4.74 Å². The van der Waals surface area contributed by atoms with Crippen LogP contribution in [0.4, 0.5) is 0 Å². The molecule has 1 aromatic heterocycles. The number of hydrogen-bond acceptors (Lipinski definition) is 3. The Bertz CT molecular complexity index is 329. The summed E-state index contributed by atoms with van der Waals surface area (Å²) in [5, 5.41) is 0. The fourth-order valence-electron chi connectivity index (χ4n) is 2.78. The Balaban J connectivity index is 1.87. The first kappa shape index (κ1) is 13.5. The van der Waals surface area contributed by atoms with E-state index in [0.717, 1.165) is 19.2 Å². The molecule has 18 heavy (non-hydrogen) atoms. The van der Waals surface area contributed by atoms with Crippen molar-refractivity contribution in [3.8, 4) is 0 Å². The minimum Gasteiger partial charge on any atom is -0.385 e. The average Bonchev–Trinajstić information content (AvgIpc) is 2.42. The summed E-state index contributed by atoms with van der Waals surface area (Å²) < 4.78 is 5.16. The predicted molar refractivity (Wildman–Crippen MR) is 73.4 cm³/mol. The summed E-state index contributed by atoms with van der Waals surface area (Å²) in [7, 11) is 1.79. The number of nitrogens with zero attached hydrogens (tertiary/aromatic N) is 2.